The number of methoxy groups -OCH3 is 1. The van der Waals surface area contributed by atoms with E-state index < -0.39 is 30.1 Å². The molecule has 0 aliphatic carbocycles. The number of aliphatic hydroxyl groups is 1. The standard InChI is InChI=1S/C20H22N2O6/c1-27-13-12-21-19(25)22-17(23)14-28-18(24)20(26,15-8-4-2-5-9-15)16-10-6-3-7-11-16/h2-11,26H,12-14H2,1H3,(H2,21,22,23,25). The molecule has 0 bridgehead atoms. The number of rotatable bonds is 8. The highest BCUT2D eigenvalue weighted by Crippen LogP contribution is 2.30. The van der Waals surface area contributed by atoms with E-state index in [4.69, 9.17) is 9.47 Å². The SMILES string of the molecule is COCCNC(=O)NC(=O)COC(=O)C(O)(c1ccccc1)c1ccccc1. The number of carbonyl (C=O) groups excluding carboxylic acids is 3. The molecule has 0 unspecified atom stereocenters. The van der Waals surface area contributed by atoms with Gasteiger partial charge in [-0.05, 0) is 11.1 Å². The quantitative estimate of drug-likeness (QED) is 0.460. The maximum Gasteiger partial charge on any atom is 0.348 e. The first-order valence-corrected chi connectivity index (χ1v) is 8.55. The molecule has 0 fully saturated rings. The Kier molecular flexibility index (Phi) is 7.67. The Bertz CT molecular complexity index is 755. The van der Waals surface area contributed by atoms with Gasteiger partial charge in [0.1, 0.15) is 0 Å². The molecular weight excluding hydrogens is 364 g/mol. The van der Waals surface area contributed by atoms with E-state index in [1.165, 1.54) is 7.11 Å². The summed E-state index contributed by atoms with van der Waals surface area (Å²) < 4.78 is 9.77. The summed E-state index contributed by atoms with van der Waals surface area (Å²) in [5, 5.41) is 15.6. The summed E-state index contributed by atoms with van der Waals surface area (Å²) in [5.41, 5.74) is -1.50. The van der Waals surface area contributed by atoms with E-state index in [1.807, 2.05) is 5.32 Å². The molecule has 0 aliphatic heterocycles. The van der Waals surface area contributed by atoms with E-state index in [0.29, 0.717) is 11.1 Å². The molecule has 2 rings (SSSR count). The summed E-state index contributed by atoms with van der Waals surface area (Å²) >= 11 is 0. The summed E-state index contributed by atoms with van der Waals surface area (Å²) in [4.78, 5) is 36.1. The Morgan fingerprint density at radius 2 is 1.50 bits per heavy atom. The molecule has 8 nitrogen and oxygen atoms in total. The molecule has 8 heteroatoms. The third-order valence-corrected chi connectivity index (χ3v) is 3.86. The highest BCUT2D eigenvalue weighted by Gasteiger charge is 2.41. The minimum Gasteiger partial charge on any atom is -0.453 e. The zero-order valence-electron chi connectivity index (χ0n) is 15.4. The van der Waals surface area contributed by atoms with Gasteiger partial charge >= 0.3 is 12.0 Å². The normalized spacial score (nSPS) is 10.8. The van der Waals surface area contributed by atoms with Gasteiger partial charge in [0.2, 0.25) is 5.60 Å². The molecule has 0 saturated carbocycles. The molecule has 148 valence electrons. The van der Waals surface area contributed by atoms with Crippen LogP contribution >= 0.6 is 0 Å². The summed E-state index contributed by atoms with van der Waals surface area (Å²) in [6.07, 6.45) is 0. The predicted octanol–water partition coefficient (Wildman–Crippen LogP) is 0.938. The first kappa shape index (κ1) is 21.1. The Morgan fingerprint density at radius 1 is 0.964 bits per heavy atom. The lowest BCUT2D eigenvalue weighted by atomic mass is 9.86. The molecule has 3 amide bonds. The van der Waals surface area contributed by atoms with Gasteiger partial charge in [-0.1, -0.05) is 60.7 Å². The number of esters is 1. The van der Waals surface area contributed by atoms with Gasteiger partial charge in [0.05, 0.1) is 6.61 Å². The molecule has 0 radical (unpaired) electrons. The van der Waals surface area contributed by atoms with Crippen molar-refractivity contribution in [3.63, 3.8) is 0 Å². The van der Waals surface area contributed by atoms with Crippen LogP contribution in [0.2, 0.25) is 0 Å². The lowest BCUT2D eigenvalue weighted by Gasteiger charge is -2.26. The minimum absolute atomic E-state index is 0.219. The molecule has 0 atom stereocenters. The van der Waals surface area contributed by atoms with Crippen LogP contribution in [-0.4, -0.2) is 49.9 Å². The van der Waals surface area contributed by atoms with Crippen LogP contribution in [-0.2, 0) is 24.7 Å². The van der Waals surface area contributed by atoms with Gasteiger partial charge in [0, 0.05) is 13.7 Å². The summed E-state index contributed by atoms with van der Waals surface area (Å²) in [7, 11) is 1.48. The second-order valence-electron chi connectivity index (χ2n) is 5.82. The zero-order valence-corrected chi connectivity index (χ0v) is 15.4. The summed E-state index contributed by atoms with van der Waals surface area (Å²) in [5.74, 6) is -1.86. The van der Waals surface area contributed by atoms with Gasteiger partial charge in [0.15, 0.2) is 6.61 Å². The maximum atomic E-state index is 12.7. The van der Waals surface area contributed by atoms with Crippen LogP contribution in [0.5, 0.6) is 0 Å². The van der Waals surface area contributed by atoms with Crippen LogP contribution in [0.25, 0.3) is 0 Å². The Balaban J connectivity index is 2.06. The number of carbonyl (C=O) groups is 3. The third-order valence-electron chi connectivity index (χ3n) is 3.86. The topological polar surface area (TPSA) is 114 Å². The number of hydrogen-bond acceptors (Lipinski definition) is 6. The second-order valence-corrected chi connectivity index (χ2v) is 5.82. The molecule has 28 heavy (non-hydrogen) atoms. The molecule has 3 N–H and O–H groups in total. The number of ether oxygens (including phenoxy) is 2. The van der Waals surface area contributed by atoms with Gasteiger partial charge in [-0.25, -0.2) is 9.59 Å². The Hall–Kier alpha value is -3.23. The van der Waals surface area contributed by atoms with Crippen molar-refractivity contribution in [2.75, 3.05) is 26.9 Å². The first-order valence-electron chi connectivity index (χ1n) is 8.55. The van der Waals surface area contributed by atoms with Gasteiger partial charge in [-0.15, -0.1) is 0 Å². The Morgan fingerprint density at radius 3 is 2.00 bits per heavy atom. The van der Waals surface area contributed by atoms with Gasteiger partial charge < -0.3 is 19.9 Å². The fourth-order valence-corrected chi connectivity index (χ4v) is 2.47. The highest BCUT2D eigenvalue weighted by atomic mass is 16.6. The van der Waals surface area contributed by atoms with Gasteiger partial charge in [-0.2, -0.15) is 0 Å². The van der Waals surface area contributed by atoms with Crippen LogP contribution in [0.3, 0.4) is 0 Å². The lowest BCUT2D eigenvalue weighted by molar-refractivity contribution is -0.164. The van der Waals surface area contributed by atoms with Crippen molar-refractivity contribution < 1.29 is 29.0 Å². The molecule has 0 saturated heterocycles. The zero-order chi connectivity index (χ0) is 20.4. The van der Waals surface area contributed by atoms with Crippen LogP contribution < -0.4 is 10.6 Å². The van der Waals surface area contributed by atoms with Crippen molar-refractivity contribution in [1.29, 1.82) is 0 Å². The van der Waals surface area contributed by atoms with Crippen LogP contribution in [0.1, 0.15) is 11.1 Å². The molecule has 0 spiro atoms. The average molecular weight is 386 g/mol. The molecular formula is C20H22N2O6. The minimum atomic E-state index is -2.09. The smallest absolute Gasteiger partial charge is 0.348 e. The van der Waals surface area contributed by atoms with Crippen LogP contribution in [0.4, 0.5) is 4.79 Å². The second kappa shape index (κ2) is 10.2. The monoisotopic (exact) mass is 386 g/mol. The van der Waals surface area contributed by atoms with Crippen molar-refractivity contribution in [3.05, 3.63) is 71.8 Å². The number of benzene rings is 2. The highest BCUT2D eigenvalue weighted by molar-refractivity contribution is 5.96. The number of nitrogens with one attached hydrogen (secondary N) is 2. The lowest BCUT2D eigenvalue weighted by Crippen LogP contribution is -2.44. The van der Waals surface area contributed by atoms with Crippen molar-refractivity contribution >= 4 is 17.9 Å². The van der Waals surface area contributed by atoms with Gasteiger partial charge in [0.25, 0.3) is 5.91 Å². The largest absolute Gasteiger partial charge is 0.453 e. The fraction of sp³-hybridized carbons (Fsp3) is 0.250. The number of amides is 3. The van der Waals surface area contributed by atoms with E-state index in [-0.39, 0.29) is 13.2 Å². The van der Waals surface area contributed by atoms with Crippen molar-refractivity contribution in [2.24, 2.45) is 0 Å². The first-order chi connectivity index (χ1) is 13.5. The van der Waals surface area contributed by atoms with Crippen molar-refractivity contribution in [2.45, 2.75) is 5.60 Å². The molecule has 0 aromatic heterocycles. The van der Waals surface area contributed by atoms with Crippen molar-refractivity contribution in [3.8, 4) is 0 Å². The van der Waals surface area contributed by atoms with Crippen molar-refractivity contribution in [1.82, 2.24) is 10.6 Å². The van der Waals surface area contributed by atoms with E-state index in [9.17, 15) is 19.5 Å². The predicted molar refractivity (Wildman–Crippen MR) is 100 cm³/mol. The molecule has 0 aliphatic rings. The average Bonchev–Trinajstić information content (AvgIpc) is 2.72. The fourth-order valence-electron chi connectivity index (χ4n) is 2.47. The van der Waals surface area contributed by atoms with Gasteiger partial charge in [-0.3, -0.25) is 10.1 Å². The van der Waals surface area contributed by atoms with E-state index in [0.717, 1.165) is 0 Å². The maximum absolute atomic E-state index is 12.7. The molecule has 0 heterocycles. The van der Waals surface area contributed by atoms with Crippen LogP contribution in [0, 0.1) is 0 Å². The van der Waals surface area contributed by atoms with E-state index in [2.05, 4.69) is 5.32 Å². The number of imide groups is 1. The van der Waals surface area contributed by atoms with E-state index >= 15 is 0 Å². The molecule has 2 aromatic carbocycles. The summed E-state index contributed by atoms with van der Waals surface area (Å²) in [6, 6.07) is 15.8. The third kappa shape index (κ3) is 5.38. The summed E-state index contributed by atoms with van der Waals surface area (Å²) in [6.45, 7) is -0.215. The number of urea groups is 1. The molecule has 2 aromatic rings. The van der Waals surface area contributed by atoms with E-state index in [1.54, 1.807) is 60.7 Å². The van der Waals surface area contributed by atoms with Crippen LogP contribution in [0.15, 0.2) is 60.7 Å². The number of hydrogen-bond donors (Lipinski definition) is 3. The Labute approximate surface area is 162 Å².